The Balaban J connectivity index is 2.01. The normalized spacial score (nSPS) is 12.2. The van der Waals surface area contributed by atoms with Crippen LogP contribution in [0.1, 0.15) is 20.7 Å². The van der Waals surface area contributed by atoms with E-state index in [2.05, 4.69) is 54.2 Å². The summed E-state index contributed by atoms with van der Waals surface area (Å²) in [5.41, 5.74) is 9.17. The van der Waals surface area contributed by atoms with Gasteiger partial charge in [-0.15, -0.1) is 25.6 Å². The van der Waals surface area contributed by atoms with Crippen molar-refractivity contribution in [1.29, 1.82) is 5.41 Å². The maximum absolute atomic E-state index is 12.7. The number of sulfone groups is 2. The number of azo groups is 3. The molecular formula is C31H26N10O12S3. The molecule has 0 atom stereocenters. The lowest BCUT2D eigenvalue weighted by Crippen LogP contribution is -2.04. The van der Waals surface area contributed by atoms with Crippen molar-refractivity contribution in [2.45, 2.75) is 14.7 Å². The van der Waals surface area contributed by atoms with E-state index >= 15 is 0 Å². The molecule has 0 saturated carbocycles. The Labute approximate surface area is 316 Å². The molecule has 9 N–H and O–H groups in total. The Kier molecular flexibility index (Phi) is 12.2. The maximum atomic E-state index is 12.7. The van der Waals surface area contributed by atoms with Crippen molar-refractivity contribution in [3.8, 4) is 0 Å². The maximum Gasteiger partial charge on any atom is 0.340 e. The van der Waals surface area contributed by atoms with E-state index in [1.807, 2.05) is 0 Å². The fourth-order valence-corrected chi connectivity index (χ4v) is 6.56. The van der Waals surface area contributed by atoms with Crippen molar-refractivity contribution in [3.63, 3.8) is 0 Å². The lowest BCUT2D eigenvalue weighted by Gasteiger charge is -2.13. The molecule has 4 aromatic carbocycles. The molecule has 0 radical (unpaired) electrons. The number of benzene rings is 4. The number of carboxylic acid groups (broad SMARTS) is 2. The zero-order valence-corrected chi connectivity index (χ0v) is 30.4. The third kappa shape index (κ3) is 9.10. The monoisotopic (exact) mass is 826 g/mol. The fourth-order valence-electron chi connectivity index (χ4n) is 4.40. The molecule has 0 heterocycles. The molecule has 4 aromatic rings. The SMILES string of the molecule is C=CS(=O)(=O)c1ccc(N=Nc2c(N)c(N=Nc3ccc(S(=O)(=O)C=C)cc3S(=O)(=O)O)c(N)c(N=Nc3ccc(NOC=N)cc3C(=O)O)c2C(=O)O)cc1. The van der Waals surface area contributed by atoms with E-state index in [-0.39, 0.29) is 22.0 Å². The number of carbonyl (C=O) groups is 2. The molecule has 0 aromatic heterocycles. The number of nitrogen functional groups attached to an aromatic ring is 2. The first-order valence-electron chi connectivity index (χ1n) is 14.7. The van der Waals surface area contributed by atoms with Crippen LogP contribution in [-0.2, 0) is 34.6 Å². The summed E-state index contributed by atoms with van der Waals surface area (Å²) in [4.78, 5) is 27.6. The topological polar surface area (TPSA) is 369 Å². The Morgan fingerprint density at radius 2 is 1.21 bits per heavy atom. The van der Waals surface area contributed by atoms with Crippen LogP contribution in [0.5, 0.6) is 0 Å². The van der Waals surface area contributed by atoms with E-state index in [0.717, 1.165) is 41.8 Å². The molecule has 4 rings (SSSR count). The number of hydrogen-bond donors (Lipinski definition) is 7. The molecule has 0 aliphatic carbocycles. The predicted molar refractivity (Wildman–Crippen MR) is 199 cm³/mol. The third-order valence-corrected chi connectivity index (χ3v) is 10.7. The number of nitrogens with two attached hydrogens (primary N) is 2. The van der Waals surface area contributed by atoms with Gasteiger partial charge in [-0.05, 0) is 60.7 Å². The number of hydrogen-bond acceptors (Lipinski definition) is 19. The van der Waals surface area contributed by atoms with Crippen LogP contribution < -0.4 is 16.9 Å². The molecule has 56 heavy (non-hydrogen) atoms. The lowest BCUT2D eigenvalue weighted by molar-refractivity contribution is 0.0687. The van der Waals surface area contributed by atoms with Gasteiger partial charge in [-0.3, -0.25) is 9.96 Å². The molecule has 290 valence electrons. The second-order valence-corrected chi connectivity index (χ2v) is 15.7. The van der Waals surface area contributed by atoms with E-state index < -0.39 is 96.8 Å². The summed E-state index contributed by atoms with van der Waals surface area (Å²) in [6, 6.07) is 10.6. The number of carboxylic acids is 2. The molecule has 0 aliphatic rings. The van der Waals surface area contributed by atoms with Gasteiger partial charge in [0, 0.05) is 10.8 Å². The summed E-state index contributed by atoms with van der Waals surface area (Å²) in [6.45, 7) is 6.39. The van der Waals surface area contributed by atoms with Gasteiger partial charge in [0.05, 0.1) is 38.1 Å². The average molecular weight is 827 g/mol. The second-order valence-electron chi connectivity index (χ2n) is 10.6. The highest BCUT2D eigenvalue weighted by atomic mass is 32.2. The summed E-state index contributed by atoms with van der Waals surface area (Å²) in [7, 11) is -13.2. The van der Waals surface area contributed by atoms with Gasteiger partial charge >= 0.3 is 11.9 Å². The van der Waals surface area contributed by atoms with Gasteiger partial charge in [-0.1, -0.05) is 13.2 Å². The van der Waals surface area contributed by atoms with E-state index in [0.29, 0.717) is 17.9 Å². The highest BCUT2D eigenvalue weighted by molar-refractivity contribution is 7.94. The zero-order valence-electron chi connectivity index (χ0n) is 28.0. The number of anilines is 3. The largest absolute Gasteiger partial charge is 0.478 e. The van der Waals surface area contributed by atoms with Gasteiger partial charge in [-0.25, -0.2) is 31.9 Å². The van der Waals surface area contributed by atoms with Crippen LogP contribution in [0.4, 0.5) is 51.2 Å². The smallest absolute Gasteiger partial charge is 0.340 e. The van der Waals surface area contributed by atoms with Gasteiger partial charge in [0.15, 0.2) is 19.7 Å². The van der Waals surface area contributed by atoms with E-state index in [9.17, 15) is 49.6 Å². The first kappa shape index (κ1) is 41.5. The number of aromatic carboxylic acids is 2. The third-order valence-electron chi connectivity index (χ3n) is 7.09. The molecular weight excluding hydrogens is 801 g/mol. The van der Waals surface area contributed by atoms with Gasteiger partial charge in [-0.2, -0.15) is 13.5 Å². The standard InChI is InChI=1S/C31H26N10O12S3/c1-3-54(46,47)18-8-5-16(6-9-18)35-38-27-24(31(44)45)28(39-36-21-11-7-17(41-53-15-32)13-20(21)30(42)43)26(34)29(25(27)33)40-37-22-12-10-19(55(48,49)4-2)14-23(22)56(50,51)52/h3-15,32,41H,1-2,33-34H2,(H,42,43)(H,44,45)(H,50,51,52). The molecule has 0 amide bonds. The summed E-state index contributed by atoms with van der Waals surface area (Å²) in [5, 5.41) is 51.5. The van der Waals surface area contributed by atoms with E-state index in [4.69, 9.17) is 16.9 Å². The molecule has 0 spiro atoms. The van der Waals surface area contributed by atoms with Crippen LogP contribution >= 0.6 is 0 Å². The Hall–Kier alpha value is -7.22. The van der Waals surface area contributed by atoms with Crippen LogP contribution in [-0.4, -0.2) is 58.4 Å². The molecule has 0 aliphatic heterocycles. The Morgan fingerprint density at radius 3 is 1.75 bits per heavy atom. The first-order chi connectivity index (χ1) is 26.2. The number of rotatable bonds is 16. The summed E-state index contributed by atoms with van der Waals surface area (Å²) in [5.74, 6) is -3.28. The van der Waals surface area contributed by atoms with E-state index in [1.54, 1.807) is 0 Å². The Bertz CT molecular complexity index is 2730. The van der Waals surface area contributed by atoms with Crippen molar-refractivity contribution in [2.24, 2.45) is 30.7 Å². The summed E-state index contributed by atoms with van der Waals surface area (Å²) >= 11 is 0. The number of nitrogens with one attached hydrogen (secondary N) is 2. The molecule has 22 nitrogen and oxygen atoms in total. The minimum absolute atomic E-state index is 0.0221. The quantitative estimate of drug-likeness (QED) is 0.0158. The van der Waals surface area contributed by atoms with Crippen molar-refractivity contribution in [3.05, 3.63) is 95.8 Å². The molecule has 0 fully saturated rings. The van der Waals surface area contributed by atoms with Gasteiger partial charge in [0.2, 0.25) is 6.40 Å². The van der Waals surface area contributed by atoms with E-state index in [1.165, 1.54) is 18.2 Å². The lowest BCUT2D eigenvalue weighted by atomic mass is 10.1. The van der Waals surface area contributed by atoms with Crippen molar-refractivity contribution < 1.29 is 54.4 Å². The van der Waals surface area contributed by atoms with Crippen LogP contribution in [0.15, 0.2) is 130 Å². The number of nitrogens with zero attached hydrogens (tertiary/aromatic N) is 6. The van der Waals surface area contributed by atoms with Crippen molar-refractivity contribution in [1.82, 2.24) is 0 Å². The van der Waals surface area contributed by atoms with Gasteiger partial charge in [0.1, 0.15) is 38.9 Å². The van der Waals surface area contributed by atoms with Gasteiger partial charge < -0.3 is 26.5 Å². The van der Waals surface area contributed by atoms with Crippen LogP contribution in [0.3, 0.4) is 0 Å². The molecule has 25 heteroatoms. The van der Waals surface area contributed by atoms with Crippen LogP contribution in [0, 0.1) is 5.41 Å². The summed E-state index contributed by atoms with van der Waals surface area (Å²) < 4.78 is 83.2. The minimum Gasteiger partial charge on any atom is -0.478 e. The van der Waals surface area contributed by atoms with Crippen molar-refractivity contribution >= 4 is 99.3 Å². The average Bonchev–Trinajstić information content (AvgIpc) is 3.15. The van der Waals surface area contributed by atoms with Gasteiger partial charge in [0.25, 0.3) is 10.1 Å². The molecule has 0 saturated heterocycles. The minimum atomic E-state index is -5.17. The first-order valence-corrected chi connectivity index (χ1v) is 19.3. The highest BCUT2D eigenvalue weighted by Crippen LogP contribution is 2.49. The van der Waals surface area contributed by atoms with Crippen molar-refractivity contribution in [2.75, 3.05) is 16.9 Å². The molecule has 0 unspecified atom stereocenters. The predicted octanol–water partition coefficient (Wildman–Crippen LogP) is 6.53. The second kappa shape index (κ2) is 16.4. The zero-order chi connectivity index (χ0) is 41.6. The van der Waals surface area contributed by atoms with Crippen LogP contribution in [0.25, 0.3) is 0 Å². The summed E-state index contributed by atoms with van der Waals surface area (Å²) in [6.07, 6.45) is 0.531. The Morgan fingerprint density at radius 1 is 0.696 bits per heavy atom. The van der Waals surface area contributed by atoms with Crippen LogP contribution in [0.2, 0.25) is 0 Å². The fraction of sp³-hybridized carbons (Fsp3) is 0. The molecule has 0 bridgehead atoms. The highest BCUT2D eigenvalue weighted by Gasteiger charge is 2.28.